The van der Waals surface area contributed by atoms with Crippen molar-refractivity contribution in [3.63, 3.8) is 0 Å². The van der Waals surface area contributed by atoms with Gasteiger partial charge >= 0.3 is 0 Å². The molecule has 6 heteroatoms. The minimum atomic E-state index is -0.716. The van der Waals surface area contributed by atoms with Crippen molar-refractivity contribution < 1.29 is 14.3 Å². The molecular weight excluding hydrogens is 315 g/mol. The van der Waals surface area contributed by atoms with Gasteiger partial charge < -0.3 is 16.2 Å². The van der Waals surface area contributed by atoms with Crippen molar-refractivity contribution in [1.82, 2.24) is 0 Å². The van der Waals surface area contributed by atoms with Crippen LogP contribution in [0.5, 0.6) is 5.75 Å². The molecule has 2 rings (SSSR count). The molecule has 0 aromatic heterocycles. The number of halogens is 2. The third kappa shape index (κ3) is 2.85. The number of nitrogens with one attached hydrogen (secondary N) is 1. The first-order valence-electron chi connectivity index (χ1n) is 5.33. The Hall–Kier alpha value is -2.08. The number of para-hydroxylation sites is 1. The third-order valence-electron chi connectivity index (χ3n) is 2.47. The highest BCUT2D eigenvalue weighted by Crippen LogP contribution is 2.31. The highest BCUT2D eigenvalue weighted by atomic mass is 79.9. The van der Waals surface area contributed by atoms with Gasteiger partial charge in [0.25, 0.3) is 5.91 Å². The number of amides is 1. The topological polar surface area (TPSA) is 75.4 Å². The predicted molar refractivity (Wildman–Crippen MR) is 74.6 cm³/mol. The van der Waals surface area contributed by atoms with E-state index in [1.165, 1.54) is 18.2 Å². The summed E-state index contributed by atoms with van der Waals surface area (Å²) in [7, 11) is 0. The van der Waals surface area contributed by atoms with Gasteiger partial charge in [-0.2, -0.15) is 0 Å². The molecule has 0 saturated heterocycles. The third-order valence-corrected chi connectivity index (χ3v) is 3.11. The normalized spacial score (nSPS) is 10.2. The summed E-state index contributed by atoms with van der Waals surface area (Å²) in [5, 5.41) is 12.2. The second-order valence-electron chi connectivity index (χ2n) is 3.83. The zero-order valence-corrected chi connectivity index (χ0v) is 11.2. The standard InChI is InChI=1S/C13H10BrFN2O2/c14-9-2-1-3-11(12(9)18)17-13(19)8-5-4-7(16)6-10(8)15/h1-6,18H,16H2,(H,17,19). The molecule has 0 radical (unpaired) electrons. The molecule has 0 atom stereocenters. The van der Waals surface area contributed by atoms with Crippen molar-refractivity contribution in [3.8, 4) is 5.75 Å². The lowest BCUT2D eigenvalue weighted by atomic mass is 10.1. The Morgan fingerprint density at radius 3 is 2.74 bits per heavy atom. The first-order valence-corrected chi connectivity index (χ1v) is 6.12. The van der Waals surface area contributed by atoms with Crippen LogP contribution in [0.2, 0.25) is 0 Å². The van der Waals surface area contributed by atoms with Crippen molar-refractivity contribution in [1.29, 1.82) is 0 Å². The van der Waals surface area contributed by atoms with Crippen LogP contribution in [0.15, 0.2) is 40.9 Å². The lowest BCUT2D eigenvalue weighted by molar-refractivity contribution is 0.102. The van der Waals surface area contributed by atoms with E-state index in [9.17, 15) is 14.3 Å². The highest BCUT2D eigenvalue weighted by molar-refractivity contribution is 9.10. The largest absolute Gasteiger partial charge is 0.505 e. The van der Waals surface area contributed by atoms with Gasteiger partial charge in [-0.15, -0.1) is 0 Å². The van der Waals surface area contributed by atoms with Gasteiger partial charge in [0.05, 0.1) is 15.7 Å². The SMILES string of the molecule is Nc1ccc(C(=O)Nc2cccc(Br)c2O)c(F)c1. The molecule has 0 bridgehead atoms. The fourth-order valence-electron chi connectivity index (χ4n) is 1.52. The van der Waals surface area contributed by atoms with E-state index in [-0.39, 0.29) is 22.7 Å². The zero-order valence-electron chi connectivity index (χ0n) is 9.65. The molecule has 0 fully saturated rings. The summed E-state index contributed by atoms with van der Waals surface area (Å²) in [4.78, 5) is 11.9. The van der Waals surface area contributed by atoms with E-state index in [1.807, 2.05) is 0 Å². The van der Waals surface area contributed by atoms with Crippen LogP contribution in [-0.2, 0) is 0 Å². The Labute approximate surface area is 117 Å². The molecule has 2 aromatic carbocycles. The number of rotatable bonds is 2. The second-order valence-corrected chi connectivity index (χ2v) is 4.68. The number of phenolic OH excluding ortho intramolecular Hbond substituents is 1. The molecular formula is C13H10BrFN2O2. The molecule has 0 saturated carbocycles. The summed E-state index contributed by atoms with van der Waals surface area (Å²) in [6, 6.07) is 8.55. The van der Waals surface area contributed by atoms with Gasteiger partial charge in [0, 0.05) is 5.69 Å². The Morgan fingerprint density at radius 1 is 1.32 bits per heavy atom. The number of anilines is 2. The average Bonchev–Trinajstić information content (AvgIpc) is 2.34. The van der Waals surface area contributed by atoms with Gasteiger partial charge in [-0.05, 0) is 46.3 Å². The van der Waals surface area contributed by atoms with Crippen LogP contribution in [0.1, 0.15) is 10.4 Å². The van der Waals surface area contributed by atoms with Crippen LogP contribution >= 0.6 is 15.9 Å². The smallest absolute Gasteiger partial charge is 0.258 e. The number of nitrogen functional groups attached to an aromatic ring is 1. The first kappa shape index (κ1) is 13.4. The van der Waals surface area contributed by atoms with Gasteiger partial charge in [-0.3, -0.25) is 4.79 Å². The summed E-state index contributed by atoms with van der Waals surface area (Å²) >= 11 is 3.12. The maximum absolute atomic E-state index is 13.6. The molecule has 0 aliphatic carbocycles. The molecule has 0 unspecified atom stereocenters. The van der Waals surface area contributed by atoms with E-state index in [0.29, 0.717) is 4.47 Å². The molecule has 19 heavy (non-hydrogen) atoms. The van der Waals surface area contributed by atoms with Crippen LogP contribution in [-0.4, -0.2) is 11.0 Å². The lowest BCUT2D eigenvalue weighted by Crippen LogP contribution is -2.14. The number of carbonyl (C=O) groups is 1. The number of hydrogen-bond donors (Lipinski definition) is 3. The minimum Gasteiger partial charge on any atom is -0.505 e. The van der Waals surface area contributed by atoms with Crippen molar-refractivity contribution in [2.45, 2.75) is 0 Å². The lowest BCUT2D eigenvalue weighted by Gasteiger charge is -2.09. The summed E-state index contributed by atoms with van der Waals surface area (Å²) in [6.45, 7) is 0. The van der Waals surface area contributed by atoms with E-state index >= 15 is 0 Å². The van der Waals surface area contributed by atoms with E-state index < -0.39 is 11.7 Å². The van der Waals surface area contributed by atoms with Crippen molar-refractivity contribution in [3.05, 3.63) is 52.3 Å². The number of carbonyl (C=O) groups excluding carboxylic acids is 1. The predicted octanol–water partition coefficient (Wildman–Crippen LogP) is 3.13. The molecule has 98 valence electrons. The van der Waals surface area contributed by atoms with E-state index in [1.54, 1.807) is 12.1 Å². The second kappa shape index (κ2) is 5.27. The Morgan fingerprint density at radius 2 is 2.05 bits per heavy atom. The van der Waals surface area contributed by atoms with Crippen LogP contribution in [0.4, 0.5) is 15.8 Å². The quantitative estimate of drug-likeness (QED) is 0.586. The molecule has 0 spiro atoms. The highest BCUT2D eigenvalue weighted by Gasteiger charge is 2.14. The molecule has 4 nitrogen and oxygen atoms in total. The molecule has 0 aliphatic rings. The average molecular weight is 325 g/mol. The van der Waals surface area contributed by atoms with E-state index in [2.05, 4.69) is 21.2 Å². The molecule has 2 aromatic rings. The van der Waals surface area contributed by atoms with Gasteiger partial charge in [-0.25, -0.2) is 4.39 Å². The summed E-state index contributed by atoms with van der Waals surface area (Å²) in [5.74, 6) is -1.50. The van der Waals surface area contributed by atoms with Crippen LogP contribution < -0.4 is 11.1 Å². The Kier molecular flexibility index (Phi) is 3.71. The number of benzene rings is 2. The maximum atomic E-state index is 13.6. The van der Waals surface area contributed by atoms with E-state index in [4.69, 9.17) is 5.73 Å². The molecule has 4 N–H and O–H groups in total. The number of phenols is 1. The van der Waals surface area contributed by atoms with Gasteiger partial charge in [0.15, 0.2) is 5.75 Å². The summed E-state index contributed by atoms with van der Waals surface area (Å²) < 4.78 is 14.0. The van der Waals surface area contributed by atoms with Crippen molar-refractivity contribution in [2.75, 3.05) is 11.1 Å². The van der Waals surface area contributed by atoms with Gasteiger partial charge in [0.1, 0.15) is 5.82 Å². The molecule has 0 heterocycles. The van der Waals surface area contributed by atoms with Crippen molar-refractivity contribution >= 4 is 33.2 Å². The summed E-state index contributed by atoms with van der Waals surface area (Å²) in [5.41, 5.74) is 5.69. The summed E-state index contributed by atoms with van der Waals surface area (Å²) in [6.07, 6.45) is 0. The van der Waals surface area contributed by atoms with Crippen LogP contribution in [0.3, 0.4) is 0 Å². The Bertz CT molecular complexity index is 647. The molecule has 0 aliphatic heterocycles. The fraction of sp³-hybridized carbons (Fsp3) is 0. The number of aromatic hydroxyl groups is 1. The van der Waals surface area contributed by atoms with Crippen molar-refractivity contribution in [2.24, 2.45) is 0 Å². The minimum absolute atomic E-state index is 0.119. The number of nitrogens with two attached hydrogens (primary N) is 1. The first-order chi connectivity index (χ1) is 8.99. The Balaban J connectivity index is 2.28. The fourth-order valence-corrected chi connectivity index (χ4v) is 1.89. The van der Waals surface area contributed by atoms with Gasteiger partial charge in [-0.1, -0.05) is 6.07 Å². The number of hydrogen-bond acceptors (Lipinski definition) is 3. The molecule has 1 amide bonds. The maximum Gasteiger partial charge on any atom is 0.258 e. The zero-order chi connectivity index (χ0) is 14.0. The monoisotopic (exact) mass is 324 g/mol. The van der Waals surface area contributed by atoms with Crippen LogP contribution in [0.25, 0.3) is 0 Å². The van der Waals surface area contributed by atoms with Gasteiger partial charge in [0.2, 0.25) is 0 Å². The van der Waals surface area contributed by atoms with Crippen LogP contribution in [0, 0.1) is 5.82 Å². The van der Waals surface area contributed by atoms with E-state index in [0.717, 1.165) is 6.07 Å².